The molecular formula is C25H27FN4O. The number of carbonyl (C=O) groups excluding carboxylic acids is 1. The minimum Gasteiger partial charge on any atom is -0.347 e. The number of hydrogen-bond acceptors (Lipinski definition) is 4. The molecule has 0 bridgehead atoms. The minimum absolute atomic E-state index is 0.0185. The Kier molecular flexibility index (Phi) is 5.16. The molecule has 6 heteroatoms. The summed E-state index contributed by atoms with van der Waals surface area (Å²) in [5.74, 6) is 0.744. The first-order valence-electron chi connectivity index (χ1n) is 11.2. The minimum atomic E-state index is -0.231. The Morgan fingerprint density at radius 1 is 1.13 bits per heavy atom. The van der Waals surface area contributed by atoms with E-state index in [0.29, 0.717) is 17.4 Å². The van der Waals surface area contributed by atoms with Crippen LogP contribution in [0.4, 0.5) is 4.39 Å². The third kappa shape index (κ3) is 4.29. The lowest BCUT2D eigenvalue weighted by Gasteiger charge is -2.32. The van der Waals surface area contributed by atoms with Crippen molar-refractivity contribution >= 4 is 16.8 Å². The second-order valence-corrected chi connectivity index (χ2v) is 9.31. The maximum absolute atomic E-state index is 13.8. The summed E-state index contributed by atoms with van der Waals surface area (Å²) >= 11 is 0. The van der Waals surface area contributed by atoms with Crippen LogP contribution in [0.1, 0.15) is 72.5 Å². The second kappa shape index (κ2) is 7.98. The summed E-state index contributed by atoms with van der Waals surface area (Å²) in [4.78, 5) is 16.9. The van der Waals surface area contributed by atoms with Gasteiger partial charge in [0.15, 0.2) is 0 Å². The number of nitrogens with zero attached hydrogens (tertiary/aromatic N) is 3. The number of hydrogen-bond donors (Lipinski definition) is 1. The van der Waals surface area contributed by atoms with Gasteiger partial charge in [0.2, 0.25) is 0 Å². The maximum Gasteiger partial charge on any atom is 0.253 e. The average Bonchev–Trinajstić information content (AvgIpc) is 3.53. The molecule has 5 rings (SSSR count). The monoisotopic (exact) mass is 418 g/mol. The number of pyridine rings is 1. The number of nitrogens with one attached hydrogen (secondary N) is 1. The van der Waals surface area contributed by atoms with Crippen LogP contribution in [0.5, 0.6) is 0 Å². The molecule has 0 saturated heterocycles. The van der Waals surface area contributed by atoms with Crippen molar-refractivity contribution in [3.8, 4) is 0 Å². The number of benzene rings is 1. The lowest BCUT2D eigenvalue weighted by atomic mass is 9.76. The van der Waals surface area contributed by atoms with Crippen molar-refractivity contribution < 1.29 is 9.18 Å². The Bertz CT molecular complexity index is 1100. The molecule has 0 unspecified atom stereocenters. The Morgan fingerprint density at radius 3 is 2.65 bits per heavy atom. The highest BCUT2D eigenvalue weighted by atomic mass is 19.1. The molecule has 2 heterocycles. The highest BCUT2D eigenvalue weighted by Gasteiger charge is 2.46. The van der Waals surface area contributed by atoms with Gasteiger partial charge < -0.3 is 5.32 Å². The van der Waals surface area contributed by atoms with Gasteiger partial charge in [-0.05, 0) is 99.6 Å². The van der Waals surface area contributed by atoms with E-state index in [1.54, 1.807) is 18.3 Å². The quantitative estimate of drug-likeness (QED) is 0.626. The molecule has 1 N–H and O–H groups in total. The van der Waals surface area contributed by atoms with Gasteiger partial charge >= 0.3 is 0 Å². The molecule has 3 aromatic rings. The Balaban J connectivity index is 1.21. The molecule has 2 aliphatic carbocycles. The van der Waals surface area contributed by atoms with Crippen molar-refractivity contribution in [2.24, 2.45) is 5.92 Å². The van der Waals surface area contributed by atoms with Crippen molar-refractivity contribution in [2.45, 2.75) is 63.3 Å². The van der Waals surface area contributed by atoms with E-state index in [4.69, 9.17) is 0 Å². The summed E-state index contributed by atoms with van der Waals surface area (Å²) in [6.45, 7) is 1.92. The summed E-state index contributed by atoms with van der Waals surface area (Å²) < 4.78 is 13.8. The van der Waals surface area contributed by atoms with Gasteiger partial charge in [-0.3, -0.25) is 9.78 Å². The summed E-state index contributed by atoms with van der Waals surface area (Å²) in [7, 11) is 0. The Hall–Kier alpha value is -2.89. The second-order valence-electron chi connectivity index (χ2n) is 9.31. The van der Waals surface area contributed by atoms with E-state index in [-0.39, 0.29) is 17.3 Å². The Labute approximate surface area is 181 Å². The van der Waals surface area contributed by atoms with Crippen molar-refractivity contribution in [3.63, 3.8) is 0 Å². The van der Waals surface area contributed by atoms with Crippen LogP contribution in [0.25, 0.3) is 10.9 Å². The molecular weight excluding hydrogens is 391 g/mol. The molecule has 0 radical (unpaired) electrons. The summed E-state index contributed by atoms with van der Waals surface area (Å²) in [5, 5.41) is 12.5. The number of halogens is 1. The lowest BCUT2D eigenvalue weighted by Crippen LogP contribution is -2.38. The molecule has 5 nitrogen and oxygen atoms in total. The van der Waals surface area contributed by atoms with Crippen LogP contribution >= 0.6 is 0 Å². The number of aryl methyl sites for hydroxylation is 1. The highest BCUT2D eigenvalue weighted by Crippen LogP contribution is 2.47. The zero-order chi connectivity index (χ0) is 21.4. The lowest BCUT2D eigenvalue weighted by molar-refractivity contribution is 0.0920. The first-order chi connectivity index (χ1) is 15.0. The van der Waals surface area contributed by atoms with Crippen LogP contribution in [0.15, 0.2) is 42.7 Å². The molecule has 2 aliphatic rings. The van der Waals surface area contributed by atoms with Gasteiger partial charge in [-0.25, -0.2) is 4.39 Å². The molecule has 2 aromatic heterocycles. The van der Waals surface area contributed by atoms with Gasteiger partial charge in [0, 0.05) is 22.8 Å². The number of aromatic nitrogens is 3. The van der Waals surface area contributed by atoms with Crippen LogP contribution in [0, 0.1) is 18.7 Å². The van der Waals surface area contributed by atoms with E-state index in [1.807, 2.05) is 25.3 Å². The number of carbonyl (C=O) groups is 1. The fraction of sp³-hybridized carbons (Fsp3) is 0.440. The molecule has 1 aromatic carbocycles. The van der Waals surface area contributed by atoms with E-state index in [2.05, 4.69) is 20.5 Å². The van der Waals surface area contributed by atoms with E-state index >= 15 is 0 Å². The van der Waals surface area contributed by atoms with Gasteiger partial charge in [-0.1, -0.05) is 0 Å². The standard InChI is InChI=1S/C25H27FN4O/c1-16-2-5-19(14-27-16)24(31)29-25(10-11-25)13-17-3-6-18(7-4-17)22-15-28-30-23-9-8-20(26)12-21(22)23/h2,5,8-9,12,14-15,17-18H,3-4,6-7,10-11,13H2,1H3,(H,29,31)/t17-,18+. The zero-order valence-electron chi connectivity index (χ0n) is 17.8. The smallest absolute Gasteiger partial charge is 0.253 e. The predicted octanol–water partition coefficient (Wildman–Crippen LogP) is 5.10. The molecule has 0 atom stereocenters. The fourth-order valence-electron chi connectivity index (χ4n) is 5.05. The molecule has 1 amide bonds. The van der Waals surface area contributed by atoms with E-state index in [0.717, 1.165) is 67.1 Å². The van der Waals surface area contributed by atoms with Crippen LogP contribution in [0.2, 0.25) is 0 Å². The summed E-state index contributed by atoms with van der Waals surface area (Å²) in [5.41, 5.74) is 3.36. The van der Waals surface area contributed by atoms with Crippen LogP contribution in [-0.4, -0.2) is 26.6 Å². The third-order valence-electron chi connectivity index (χ3n) is 7.00. The van der Waals surface area contributed by atoms with Crippen LogP contribution in [-0.2, 0) is 0 Å². The van der Waals surface area contributed by atoms with Gasteiger partial charge in [0.1, 0.15) is 5.82 Å². The molecule has 2 fully saturated rings. The van der Waals surface area contributed by atoms with Crippen molar-refractivity contribution in [1.82, 2.24) is 20.5 Å². The van der Waals surface area contributed by atoms with Gasteiger partial charge in [-0.15, -0.1) is 0 Å². The van der Waals surface area contributed by atoms with Crippen LogP contribution < -0.4 is 5.32 Å². The molecule has 0 spiro atoms. The zero-order valence-corrected chi connectivity index (χ0v) is 17.8. The largest absolute Gasteiger partial charge is 0.347 e. The highest BCUT2D eigenvalue weighted by molar-refractivity contribution is 5.94. The normalized spacial score (nSPS) is 22.3. The van der Waals surface area contributed by atoms with E-state index < -0.39 is 0 Å². The van der Waals surface area contributed by atoms with E-state index in [1.165, 1.54) is 6.07 Å². The van der Waals surface area contributed by atoms with Crippen molar-refractivity contribution in [3.05, 3.63) is 65.4 Å². The summed E-state index contributed by atoms with van der Waals surface area (Å²) in [6, 6.07) is 8.44. The summed E-state index contributed by atoms with van der Waals surface area (Å²) in [6.07, 6.45) is 11.0. The maximum atomic E-state index is 13.8. The van der Waals surface area contributed by atoms with Gasteiger partial charge in [0.05, 0.1) is 17.3 Å². The molecule has 160 valence electrons. The fourth-order valence-corrected chi connectivity index (χ4v) is 5.05. The van der Waals surface area contributed by atoms with Crippen molar-refractivity contribution in [1.29, 1.82) is 0 Å². The molecule has 0 aliphatic heterocycles. The number of rotatable bonds is 5. The Morgan fingerprint density at radius 2 is 1.94 bits per heavy atom. The van der Waals surface area contributed by atoms with E-state index in [9.17, 15) is 9.18 Å². The first kappa shape index (κ1) is 20.0. The predicted molar refractivity (Wildman–Crippen MR) is 117 cm³/mol. The average molecular weight is 419 g/mol. The molecule has 31 heavy (non-hydrogen) atoms. The molecule has 2 saturated carbocycles. The number of amides is 1. The third-order valence-corrected chi connectivity index (χ3v) is 7.00. The SMILES string of the molecule is Cc1ccc(C(=O)NC2(C[C@H]3CC[C@@H](c4cnnc5ccc(F)cc54)CC3)CC2)cn1. The van der Waals surface area contributed by atoms with Crippen LogP contribution in [0.3, 0.4) is 0 Å². The van der Waals surface area contributed by atoms with Gasteiger partial charge in [-0.2, -0.15) is 10.2 Å². The van der Waals surface area contributed by atoms with Gasteiger partial charge in [0.25, 0.3) is 5.91 Å². The number of fused-ring (bicyclic) bond motifs is 1. The van der Waals surface area contributed by atoms with Crippen molar-refractivity contribution in [2.75, 3.05) is 0 Å². The first-order valence-corrected chi connectivity index (χ1v) is 11.2. The topological polar surface area (TPSA) is 67.8 Å².